The topological polar surface area (TPSA) is 80.1 Å². The Labute approximate surface area is 193 Å². The summed E-state index contributed by atoms with van der Waals surface area (Å²) in [5, 5.41) is 9.32. The van der Waals surface area contributed by atoms with E-state index in [1.54, 1.807) is 18.6 Å². The lowest BCUT2D eigenvalue weighted by atomic mass is 10.1. The lowest BCUT2D eigenvalue weighted by molar-refractivity contribution is 0.468. The Kier molecular flexibility index (Phi) is 11.0. The van der Waals surface area contributed by atoms with Crippen LogP contribution in [0, 0.1) is 0 Å². The number of aromatic nitrogens is 3. The number of benzene rings is 2. The molecule has 0 aliphatic carbocycles. The first kappa shape index (κ1) is 27.2. The van der Waals surface area contributed by atoms with Crippen molar-refractivity contribution in [2.45, 2.75) is 39.8 Å². The van der Waals surface area contributed by atoms with Crippen LogP contribution in [0.4, 0.5) is 0 Å². The molecule has 0 aliphatic heterocycles. The molecule has 0 bridgehead atoms. The summed E-state index contributed by atoms with van der Waals surface area (Å²) >= 11 is 0. The zero-order valence-corrected chi connectivity index (χ0v) is 20.7. The quantitative estimate of drug-likeness (QED) is 0.540. The minimum atomic E-state index is -3.21. The summed E-state index contributed by atoms with van der Waals surface area (Å²) < 4.78 is 25.5. The second-order valence-electron chi connectivity index (χ2n) is 7.60. The smallest absolute Gasteiger partial charge is 0.200 e. The van der Waals surface area contributed by atoms with E-state index >= 15 is 0 Å². The second kappa shape index (κ2) is 12.9. The van der Waals surface area contributed by atoms with Gasteiger partial charge in [-0.25, -0.2) is 0 Å². The molecular weight excluding hydrogens is 422 g/mol. The summed E-state index contributed by atoms with van der Waals surface area (Å²) in [7, 11) is -0.233. The number of nitrogens with zero attached hydrogens (tertiary/aromatic N) is 4. The molecule has 1 aromatic heterocycles. The van der Waals surface area contributed by atoms with Gasteiger partial charge in [-0.05, 0) is 27.7 Å². The number of hydrogen-bond acceptors (Lipinski definition) is 4. The fourth-order valence-corrected chi connectivity index (χ4v) is 3.34. The van der Waals surface area contributed by atoms with Crippen molar-refractivity contribution in [3.05, 3.63) is 73.8 Å². The summed E-state index contributed by atoms with van der Waals surface area (Å²) in [5.74, 6) is 0. The third-order valence-electron chi connectivity index (χ3n) is 4.05. The van der Waals surface area contributed by atoms with Crippen molar-refractivity contribution in [3.8, 4) is 22.5 Å². The first-order valence-corrected chi connectivity index (χ1v) is 11.8. The van der Waals surface area contributed by atoms with Crippen LogP contribution in [0.5, 0.6) is 0 Å². The predicted molar refractivity (Wildman–Crippen MR) is 133 cm³/mol. The van der Waals surface area contributed by atoms with Crippen molar-refractivity contribution in [2.24, 2.45) is 0 Å². The summed E-state index contributed by atoms with van der Waals surface area (Å²) in [6.07, 6.45) is 0. The van der Waals surface area contributed by atoms with Gasteiger partial charge in [0.25, 0.3) is 10.2 Å². The molecule has 7 nitrogen and oxygen atoms in total. The maximum Gasteiger partial charge on any atom is 0.279 e. The Bertz CT molecular complexity index is 974. The molecule has 0 atom stereocenters. The molecule has 3 rings (SSSR count). The zero-order chi connectivity index (χ0) is 24.3. The van der Waals surface area contributed by atoms with Gasteiger partial charge in [-0.15, -0.1) is 13.2 Å². The molecule has 174 valence electrons. The van der Waals surface area contributed by atoms with Crippen molar-refractivity contribution in [1.82, 2.24) is 24.0 Å². The highest BCUT2D eigenvalue weighted by Gasteiger charge is 2.16. The molecule has 0 saturated heterocycles. The van der Waals surface area contributed by atoms with Gasteiger partial charge >= 0.3 is 0 Å². The monoisotopic (exact) mass is 457 g/mol. The standard InChI is InChI=1S/C17H17N3.C5H14N2O2S.C2H4/c1-13(2)20-18-16(14-9-5-3-6-10-14)17(19-20)15-11-7-4-8-12-15;1-5(2)6-10(8,9)7(3)4;1-2/h3-13H,1-2H3;5-6H,1-4H3;1-2H2. The largest absolute Gasteiger partial charge is 0.279 e. The number of nitrogens with one attached hydrogen (secondary N) is 1. The average Bonchev–Trinajstić information content (AvgIpc) is 3.22. The van der Waals surface area contributed by atoms with Crippen molar-refractivity contribution < 1.29 is 8.42 Å². The van der Waals surface area contributed by atoms with Crippen molar-refractivity contribution in [1.29, 1.82) is 0 Å². The number of rotatable bonds is 6. The van der Waals surface area contributed by atoms with E-state index in [-0.39, 0.29) is 12.1 Å². The van der Waals surface area contributed by atoms with Gasteiger partial charge in [0, 0.05) is 31.3 Å². The summed E-state index contributed by atoms with van der Waals surface area (Å²) in [5.41, 5.74) is 4.06. The van der Waals surface area contributed by atoms with Crippen LogP contribution < -0.4 is 4.72 Å². The molecular formula is C24H35N5O2S. The Morgan fingerprint density at radius 2 is 1.19 bits per heavy atom. The number of hydrogen-bond donors (Lipinski definition) is 1. The summed E-state index contributed by atoms with van der Waals surface area (Å²) in [6.45, 7) is 13.7. The van der Waals surface area contributed by atoms with E-state index < -0.39 is 10.2 Å². The zero-order valence-electron chi connectivity index (χ0n) is 19.9. The highest BCUT2D eigenvalue weighted by Crippen LogP contribution is 2.29. The molecule has 1 N–H and O–H groups in total. The van der Waals surface area contributed by atoms with Crippen molar-refractivity contribution >= 4 is 10.2 Å². The van der Waals surface area contributed by atoms with Crippen LogP contribution in [0.1, 0.15) is 33.7 Å². The summed E-state index contributed by atoms with van der Waals surface area (Å²) in [6, 6.07) is 20.6. The van der Waals surface area contributed by atoms with E-state index in [0.29, 0.717) is 0 Å². The van der Waals surface area contributed by atoms with Gasteiger partial charge < -0.3 is 0 Å². The normalized spacial score (nSPS) is 11.0. The van der Waals surface area contributed by atoms with Crippen molar-refractivity contribution in [3.63, 3.8) is 0 Å². The first-order valence-electron chi connectivity index (χ1n) is 10.4. The Balaban J connectivity index is 0.000000364. The van der Waals surface area contributed by atoms with Crippen LogP contribution in [0.3, 0.4) is 0 Å². The highest BCUT2D eigenvalue weighted by atomic mass is 32.2. The van der Waals surface area contributed by atoms with Gasteiger partial charge in [0.05, 0.1) is 6.04 Å². The fourth-order valence-electron chi connectivity index (χ4n) is 2.54. The van der Waals surface area contributed by atoms with E-state index in [9.17, 15) is 8.42 Å². The van der Waals surface area contributed by atoms with Crippen LogP contribution in [-0.4, -0.2) is 47.9 Å². The van der Waals surface area contributed by atoms with E-state index in [2.05, 4.69) is 66.2 Å². The van der Waals surface area contributed by atoms with Crippen LogP contribution >= 0.6 is 0 Å². The molecule has 0 radical (unpaired) electrons. The van der Waals surface area contributed by atoms with Gasteiger partial charge in [-0.2, -0.15) is 32.4 Å². The van der Waals surface area contributed by atoms with E-state index in [1.807, 2.05) is 36.4 Å². The molecule has 0 fully saturated rings. The van der Waals surface area contributed by atoms with Crippen LogP contribution in [0.2, 0.25) is 0 Å². The lowest BCUT2D eigenvalue weighted by Gasteiger charge is -2.14. The fraction of sp³-hybridized carbons (Fsp3) is 0.333. The van der Waals surface area contributed by atoms with Crippen LogP contribution in [0.15, 0.2) is 73.8 Å². The van der Waals surface area contributed by atoms with Crippen molar-refractivity contribution in [2.75, 3.05) is 14.1 Å². The van der Waals surface area contributed by atoms with Crippen LogP contribution in [0.25, 0.3) is 22.5 Å². The SMILES string of the molecule is C=C.CC(C)NS(=O)(=O)N(C)C.CC(C)n1nc(-c2ccccc2)c(-c2ccccc2)n1. The minimum absolute atomic E-state index is 0.0487. The molecule has 8 heteroatoms. The summed E-state index contributed by atoms with van der Waals surface area (Å²) in [4.78, 5) is 1.78. The Morgan fingerprint density at radius 1 is 0.812 bits per heavy atom. The predicted octanol–water partition coefficient (Wildman–Crippen LogP) is 4.79. The Morgan fingerprint density at radius 3 is 1.44 bits per heavy atom. The third kappa shape index (κ3) is 8.03. The minimum Gasteiger partial charge on any atom is -0.200 e. The molecule has 0 unspecified atom stereocenters. The van der Waals surface area contributed by atoms with E-state index in [4.69, 9.17) is 0 Å². The molecule has 0 amide bonds. The third-order valence-corrected chi connectivity index (χ3v) is 5.78. The average molecular weight is 458 g/mol. The molecule has 3 aromatic rings. The van der Waals surface area contributed by atoms with E-state index in [0.717, 1.165) is 26.8 Å². The van der Waals surface area contributed by atoms with Crippen LogP contribution in [-0.2, 0) is 10.2 Å². The van der Waals surface area contributed by atoms with Gasteiger partial charge in [0.2, 0.25) is 0 Å². The molecule has 1 heterocycles. The maximum absolute atomic E-state index is 11.0. The molecule has 32 heavy (non-hydrogen) atoms. The highest BCUT2D eigenvalue weighted by molar-refractivity contribution is 7.87. The first-order chi connectivity index (χ1) is 15.1. The second-order valence-corrected chi connectivity index (χ2v) is 9.52. The lowest BCUT2D eigenvalue weighted by Crippen LogP contribution is -2.39. The molecule has 2 aromatic carbocycles. The van der Waals surface area contributed by atoms with Gasteiger partial charge in [-0.3, -0.25) is 0 Å². The maximum atomic E-state index is 11.0. The Hall–Kier alpha value is -2.81. The van der Waals surface area contributed by atoms with Gasteiger partial charge in [0.1, 0.15) is 11.4 Å². The molecule has 0 spiro atoms. The van der Waals surface area contributed by atoms with Gasteiger partial charge in [-0.1, -0.05) is 60.7 Å². The molecule has 0 aliphatic rings. The van der Waals surface area contributed by atoms with Gasteiger partial charge in [0.15, 0.2) is 0 Å². The van der Waals surface area contributed by atoms with E-state index in [1.165, 1.54) is 14.1 Å². The molecule has 0 saturated carbocycles.